The molecule has 22 heavy (non-hydrogen) atoms. The number of hydrogen-bond acceptors (Lipinski definition) is 5. The van der Waals surface area contributed by atoms with Gasteiger partial charge < -0.3 is 10.2 Å². The summed E-state index contributed by atoms with van der Waals surface area (Å²) in [6.45, 7) is 2.68. The number of aryl methyl sites for hydroxylation is 1. The van der Waals surface area contributed by atoms with Gasteiger partial charge in [0.15, 0.2) is 5.89 Å². The third kappa shape index (κ3) is 2.92. The molecule has 0 radical (unpaired) electrons. The summed E-state index contributed by atoms with van der Waals surface area (Å²) in [6, 6.07) is 6.62. The summed E-state index contributed by atoms with van der Waals surface area (Å²) in [5.74, 6) is 0.578. The standard InChI is InChI=1S/C15H19N3O3S/c1-11-17-15(10-21-11)12-4-6-14(7-5-12)22(19,20)18-8-2-3-13(16)9-18/h4-7,10,13H,2-3,8-9,16H2,1H3. The predicted molar refractivity (Wildman–Crippen MR) is 82.6 cm³/mol. The van der Waals surface area contributed by atoms with Gasteiger partial charge in [-0.15, -0.1) is 0 Å². The van der Waals surface area contributed by atoms with Gasteiger partial charge in [0.05, 0.1) is 4.90 Å². The molecule has 1 aromatic heterocycles. The number of aromatic nitrogens is 1. The number of benzene rings is 1. The molecular formula is C15H19N3O3S. The summed E-state index contributed by atoms with van der Waals surface area (Å²) in [4.78, 5) is 4.51. The molecule has 0 saturated carbocycles. The van der Waals surface area contributed by atoms with Crippen molar-refractivity contribution < 1.29 is 12.8 Å². The van der Waals surface area contributed by atoms with Crippen LogP contribution in [0.5, 0.6) is 0 Å². The van der Waals surface area contributed by atoms with E-state index in [0.29, 0.717) is 24.7 Å². The molecule has 1 aromatic carbocycles. The molecule has 6 nitrogen and oxygen atoms in total. The highest BCUT2D eigenvalue weighted by Crippen LogP contribution is 2.24. The number of nitrogens with two attached hydrogens (primary N) is 1. The number of rotatable bonds is 3. The van der Waals surface area contributed by atoms with Gasteiger partial charge >= 0.3 is 0 Å². The molecule has 0 aliphatic carbocycles. The largest absolute Gasteiger partial charge is 0.449 e. The van der Waals surface area contributed by atoms with E-state index in [2.05, 4.69) is 4.98 Å². The van der Waals surface area contributed by atoms with Crippen LogP contribution in [0.25, 0.3) is 11.3 Å². The molecular weight excluding hydrogens is 302 g/mol. The zero-order valence-electron chi connectivity index (χ0n) is 12.4. The van der Waals surface area contributed by atoms with Gasteiger partial charge in [0, 0.05) is 31.6 Å². The van der Waals surface area contributed by atoms with E-state index in [1.165, 1.54) is 4.31 Å². The summed E-state index contributed by atoms with van der Waals surface area (Å²) < 4.78 is 31.9. The van der Waals surface area contributed by atoms with Crippen molar-refractivity contribution in [1.82, 2.24) is 9.29 Å². The Balaban J connectivity index is 1.85. The fourth-order valence-electron chi connectivity index (χ4n) is 2.64. The molecule has 2 N–H and O–H groups in total. The molecule has 1 fully saturated rings. The maximum Gasteiger partial charge on any atom is 0.243 e. The molecule has 1 aliphatic rings. The quantitative estimate of drug-likeness (QED) is 0.930. The highest BCUT2D eigenvalue weighted by Gasteiger charge is 2.28. The number of oxazole rings is 1. The molecule has 0 spiro atoms. The second-order valence-corrected chi connectivity index (χ2v) is 7.48. The maximum atomic E-state index is 12.6. The monoisotopic (exact) mass is 321 g/mol. The highest BCUT2D eigenvalue weighted by atomic mass is 32.2. The molecule has 0 amide bonds. The van der Waals surface area contributed by atoms with E-state index in [-0.39, 0.29) is 10.9 Å². The van der Waals surface area contributed by atoms with E-state index in [9.17, 15) is 8.42 Å². The minimum Gasteiger partial charge on any atom is -0.449 e. The van der Waals surface area contributed by atoms with E-state index < -0.39 is 10.0 Å². The van der Waals surface area contributed by atoms with Crippen LogP contribution < -0.4 is 5.73 Å². The first-order chi connectivity index (χ1) is 10.5. The van der Waals surface area contributed by atoms with Crippen molar-refractivity contribution in [3.63, 3.8) is 0 Å². The lowest BCUT2D eigenvalue weighted by molar-refractivity contribution is 0.316. The van der Waals surface area contributed by atoms with Crippen LogP contribution in [-0.2, 0) is 10.0 Å². The number of hydrogen-bond donors (Lipinski definition) is 1. The van der Waals surface area contributed by atoms with Crippen LogP contribution in [-0.4, -0.2) is 36.8 Å². The highest BCUT2D eigenvalue weighted by molar-refractivity contribution is 7.89. The lowest BCUT2D eigenvalue weighted by Crippen LogP contribution is -2.45. The van der Waals surface area contributed by atoms with E-state index in [4.69, 9.17) is 10.2 Å². The predicted octanol–water partition coefficient (Wildman–Crippen LogP) is 1.76. The first-order valence-corrected chi connectivity index (χ1v) is 8.69. The minimum absolute atomic E-state index is 0.0825. The fraction of sp³-hybridized carbons (Fsp3) is 0.400. The van der Waals surface area contributed by atoms with Crippen LogP contribution in [0.1, 0.15) is 18.7 Å². The van der Waals surface area contributed by atoms with Crippen LogP contribution in [0.15, 0.2) is 39.8 Å². The summed E-state index contributed by atoms with van der Waals surface area (Å²) in [6.07, 6.45) is 3.23. The lowest BCUT2D eigenvalue weighted by Gasteiger charge is -2.29. The molecule has 2 heterocycles. The van der Waals surface area contributed by atoms with Crippen molar-refractivity contribution in [2.75, 3.05) is 13.1 Å². The first kappa shape index (κ1) is 15.2. The van der Waals surface area contributed by atoms with Gasteiger partial charge in [-0.2, -0.15) is 4.31 Å². The smallest absolute Gasteiger partial charge is 0.243 e. The van der Waals surface area contributed by atoms with Crippen molar-refractivity contribution in [3.8, 4) is 11.3 Å². The zero-order valence-corrected chi connectivity index (χ0v) is 13.2. The normalized spacial score (nSPS) is 20.2. The van der Waals surface area contributed by atoms with Crippen LogP contribution >= 0.6 is 0 Å². The third-order valence-corrected chi connectivity index (χ3v) is 5.71. The molecule has 1 atom stereocenters. The van der Waals surface area contributed by atoms with Crippen molar-refractivity contribution in [2.24, 2.45) is 5.73 Å². The van der Waals surface area contributed by atoms with E-state index in [1.54, 1.807) is 37.5 Å². The van der Waals surface area contributed by atoms with Crippen LogP contribution in [0.4, 0.5) is 0 Å². The Hall–Kier alpha value is -1.70. The van der Waals surface area contributed by atoms with Crippen molar-refractivity contribution in [3.05, 3.63) is 36.4 Å². The van der Waals surface area contributed by atoms with Crippen molar-refractivity contribution in [2.45, 2.75) is 30.7 Å². The zero-order chi connectivity index (χ0) is 15.7. The van der Waals surface area contributed by atoms with Crippen LogP contribution in [0.2, 0.25) is 0 Å². The summed E-state index contributed by atoms with van der Waals surface area (Å²) >= 11 is 0. The molecule has 118 valence electrons. The molecule has 3 rings (SSSR count). The average molecular weight is 321 g/mol. The summed E-state index contributed by atoms with van der Waals surface area (Å²) in [5.41, 5.74) is 7.40. The van der Waals surface area contributed by atoms with Crippen molar-refractivity contribution >= 4 is 10.0 Å². The molecule has 1 saturated heterocycles. The topological polar surface area (TPSA) is 89.4 Å². The van der Waals surface area contributed by atoms with Gasteiger partial charge in [0.1, 0.15) is 12.0 Å². The van der Waals surface area contributed by atoms with Gasteiger partial charge in [-0.1, -0.05) is 12.1 Å². The van der Waals surface area contributed by atoms with Gasteiger partial charge in [-0.05, 0) is 25.0 Å². The third-order valence-electron chi connectivity index (χ3n) is 3.83. The Bertz CT molecular complexity index is 753. The Morgan fingerprint density at radius 3 is 2.64 bits per heavy atom. The van der Waals surface area contributed by atoms with E-state index in [1.807, 2.05) is 0 Å². The Morgan fingerprint density at radius 1 is 1.32 bits per heavy atom. The fourth-order valence-corrected chi connectivity index (χ4v) is 4.17. The minimum atomic E-state index is -3.48. The summed E-state index contributed by atoms with van der Waals surface area (Å²) in [7, 11) is -3.48. The molecule has 1 aliphatic heterocycles. The second kappa shape index (κ2) is 5.83. The van der Waals surface area contributed by atoms with Crippen molar-refractivity contribution in [1.29, 1.82) is 0 Å². The second-order valence-electron chi connectivity index (χ2n) is 5.54. The van der Waals surface area contributed by atoms with Crippen LogP contribution in [0, 0.1) is 6.92 Å². The van der Waals surface area contributed by atoms with Gasteiger partial charge in [-0.3, -0.25) is 0 Å². The van der Waals surface area contributed by atoms with Gasteiger partial charge in [0.25, 0.3) is 0 Å². The molecule has 1 unspecified atom stereocenters. The number of sulfonamides is 1. The number of nitrogens with zero attached hydrogens (tertiary/aromatic N) is 2. The van der Waals surface area contributed by atoms with Crippen LogP contribution in [0.3, 0.4) is 0 Å². The van der Waals surface area contributed by atoms with Gasteiger partial charge in [0.2, 0.25) is 10.0 Å². The number of piperidine rings is 1. The molecule has 7 heteroatoms. The molecule has 0 bridgehead atoms. The van der Waals surface area contributed by atoms with E-state index >= 15 is 0 Å². The van der Waals surface area contributed by atoms with Gasteiger partial charge in [-0.25, -0.2) is 13.4 Å². The average Bonchev–Trinajstić information content (AvgIpc) is 2.94. The Labute approximate surface area is 130 Å². The van der Waals surface area contributed by atoms with E-state index in [0.717, 1.165) is 18.4 Å². The molecule has 2 aromatic rings. The summed E-state index contributed by atoms with van der Waals surface area (Å²) in [5, 5.41) is 0. The maximum absolute atomic E-state index is 12.6. The lowest BCUT2D eigenvalue weighted by atomic mass is 10.1. The SMILES string of the molecule is Cc1nc(-c2ccc(S(=O)(=O)N3CCCC(N)C3)cc2)co1. The Kier molecular flexibility index (Phi) is 4.03. The Morgan fingerprint density at radius 2 is 2.05 bits per heavy atom. The first-order valence-electron chi connectivity index (χ1n) is 7.25.